The number of nitrogens with two attached hydrogens (primary N) is 1. The number of rotatable bonds is 4. The number of ether oxygens (including phenoxy) is 1. The zero-order valence-electron chi connectivity index (χ0n) is 10.3. The highest BCUT2D eigenvalue weighted by atomic mass is 19.1. The Balaban J connectivity index is 2.04. The van der Waals surface area contributed by atoms with E-state index < -0.39 is 0 Å². The summed E-state index contributed by atoms with van der Waals surface area (Å²) in [6, 6.07) is 12.8. The van der Waals surface area contributed by atoms with Gasteiger partial charge in [-0.05, 0) is 30.2 Å². The molecule has 0 aliphatic heterocycles. The molecule has 2 N–H and O–H groups in total. The van der Waals surface area contributed by atoms with Gasteiger partial charge in [0.1, 0.15) is 6.61 Å². The van der Waals surface area contributed by atoms with Gasteiger partial charge in [0.2, 0.25) is 0 Å². The molecule has 0 saturated heterocycles. The van der Waals surface area contributed by atoms with Crippen LogP contribution < -0.4 is 10.5 Å². The molecule has 0 fully saturated rings. The third-order valence-electron chi connectivity index (χ3n) is 2.75. The Morgan fingerprint density at radius 3 is 2.33 bits per heavy atom. The lowest BCUT2D eigenvalue weighted by atomic mass is 10.2. The van der Waals surface area contributed by atoms with Gasteiger partial charge < -0.3 is 10.5 Å². The van der Waals surface area contributed by atoms with Crippen LogP contribution in [0.15, 0.2) is 42.5 Å². The maximum atomic E-state index is 13.6. The molecule has 0 aromatic heterocycles. The van der Waals surface area contributed by atoms with Gasteiger partial charge >= 0.3 is 0 Å². The zero-order valence-corrected chi connectivity index (χ0v) is 10.3. The molecule has 0 unspecified atom stereocenters. The molecule has 0 aliphatic rings. The van der Waals surface area contributed by atoms with E-state index in [2.05, 4.69) is 0 Å². The van der Waals surface area contributed by atoms with Crippen molar-refractivity contribution in [1.29, 1.82) is 0 Å². The van der Waals surface area contributed by atoms with Crippen LogP contribution in [0.3, 0.4) is 0 Å². The summed E-state index contributed by atoms with van der Waals surface area (Å²) in [7, 11) is 0. The second kappa shape index (κ2) is 5.65. The van der Waals surface area contributed by atoms with Crippen LogP contribution in [-0.2, 0) is 13.2 Å². The lowest BCUT2D eigenvalue weighted by Gasteiger charge is -2.08. The fraction of sp³-hybridized carbons (Fsp3) is 0.200. The van der Waals surface area contributed by atoms with Crippen molar-refractivity contribution in [3.05, 3.63) is 65.0 Å². The molecule has 0 aliphatic carbocycles. The van der Waals surface area contributed by atoms with E-state index in [1.165, 1.54) is 11.6 Å². The molecule has 0 spiro atoms. The molecule has 0 radical (unpaired) electrons. The SMILES string of the molecule is Cc1ccc(COc2ccc(CN)cc2F)cc1. The lowest BCUT2D eigenvalue weighted by molar-refractivity contribution is 0.290. The predicted octanol–water partition coefficient (Wildman–Crippen LogP) is 3.17. The van der Waals surface area contributed by atoms with E-state index in [0.29, 0.717) is 13.2 Å². The summed E-state index contributed by atoms with van der Waals surface area (Å²) in [4.78, 5) is 0. The summed E-state index contributed by atoms with van der Waals surface area (Å²) >= 11 is 0. The van der Waals surface area contributed by atoms with Crippen molar-refractivity contribution in [2.24, 2.45) is 5.73 Å². The van der Waals surface area contributed by atoms with Gasteiger partial charge in [0.25, 0.3) is 0 Å². The number of hydrogen-bond acceptors (Lipinski definition) is 2. The zero-order chi connectivity index (χ0) is 13.0. The van der Waals surface area contributed by atoms with Gasteiger partial charge in [0.15, 0.2) is 11.6 Å². The quantitative estimate of drug-likeness (QED) is 0.898. The van der Waals surface area contributed by atoms with Gasteiger partial charge in [-0.2, -0.15) is 0 Å². The molecule has 0 atom stereocenters. The van der Waals surface area contributed by atoms with Crippen LogP contribution >= 0.6 is 0 Å². The minimum absolute atomic E-state index is 0.257. The molecule has 0 saturated carbocycles. The molecular formula is C15H16FNO. The van der Waals surface area contributed by atoms with Gasteiger partial charge in [0.05, 0.1) is 0 Å². The Morgan fingerprint density at radius 1 is 1.06 bits per heavy atom. The minimum atomic E-state index is -0.370. The van der Waals surface area contributed by atoms with Crippen molar-refractivity contribution >= 4 is 0 Å². The first kappa shape index (κ1) is 12.6. The maximum Gasteiger partial charge on any atom is 0.165 e. The van der Waals surface area contributed by atoms with Gasteiger partial charge in [-0.1, -0.05) is 35.9 Å². The topological polar surface area (TPSA) is 35.2 Å². The van der Waals surface area contributed by atoms with Crippen molar-refractivity contribution in [3.63, 3.8) is 0 Å². The van der Waals surface area contributed by atoms with E-state index in [9.17, 15) is 4.39 Å². The Kier molecular flexibility index (Phi) is 3.95. The highest BCUT2D eigenvalue weighted by Gasteiger charge is 2.04. The molecule has 2 aromatic carbocycles. The molecule has 2 rings (SSSR count). The second-order valence-electron chi connectivity index (χ2n) is 4.24. The largest absolute Gasteiger partial charge is 0.486 e. The number of halogens is 1. The van der Waals surface area contributed by atoms with Crippen molar-refractivity contribution < 1.29 is 9.13 Å². The van der Waals surface area contributed by atoms with Gasteiger partial charge in [-0.15, -0.1) is 0 Å². The molecule has 0 bridgehead atoms. The highest BCUT2D eigenvalue weighted by Crippen LogP contribution is 2.19. The monoisotopic (exact) mass is 245 g/mol. The third-order valence-corrected chi connectivity index (χ3v) is 2.75. The normalized spacial score (nSPS) is 10.4. The summed E-state index contributed by atoms with van der Waals surface area (Å²) in [5, 5.41) is 0. The van der Waals surface area contributed by atoms with Crippen LogP contribution in [0, 0.1) is 12.7 Å². The van der Waals surface area contributed by atoms with Crippen LogP contribution in [0.25, 0.3) is 0 Å². The Labute approximate surface area is 106 Å². The fourth-order valence-corrected chi connectivity index (χ4v) is 1.63. The van der Waals surface area contributed by atoms with E-state index in [1.54, 1.807) is 12.1 Å². The van der Waals surface area contributed by atoms with Crippen LogP contribution in [0.2, 0.25) is 0 Å². The maximum absolute atomic E-state index is 13.6. The molecule has 3 heteroatoms. The third kappa shape index (κ3) is 3.08. The first-order valence-electron chi connectivity index (χ1n) is 5.86. The van der Waals surface area contributed by atoms with Crippen molar-refractivity contribution in [2.75, 3.05) is 0 Å². The average molecular weight is 245 g/mol. The van der Waals surface area contributed by atoms with Crippen molar-refractivity contribution in [1.82, 2.24) is 0 Å². The standard InChI is InChI=1S/C15H16FNO/c1-11-2-4-12(5-3-11)10-18-15-7-6-13(9-17)8-14(15)16/h2-8H,9-10,17H2,1H3. The van der Waals surface area contributed by atoms with E-state index in [1.807, 2.05) is 31.2 Å². The van der Waals surface area contributed by atoms with Gasteiger partial charge in [-0.3, -0.25) is 0 Å². The van der Waals surface area contributed by atoms with Gasteiger partial charge in [0, 0.05) is 6.54 Å². The molecule has 0 amide bonds. The summed E-state index contributed by atoms with van der Waals surface area (Å²) in [6.07, 6.45) is 0. The molecule has 94 valence electrons. The average Bonchev–Trinajstić information content (AvgIpc) is 2.39. The number of aryl methyl sites for hydroxylation is 1. The molecule has 2 aromatic rings. The number of benzene rings is 2. The first-order valence-corrected chi connectivity index (χ1v) is 5.86. The molecule has 18 heavy (non-hydrogen) atoms. The highest BCUT2D eigenvalue weighted by molar-refractivity contribution is 5.30. The summed E-state index contributed by atoms with van der Waals surface area (Å²) in [6.45, 7) is 2.71. The molecular weight excluding hydrogens is 229 g/mol. The fourth-order valence-electron chi connectivity index (χ4n) is 1.63. The Morgan fingerprint density at radius 2 is 1.72 bits per heavy atom. The lowest BCUT2D eigenvalue weighted by Crippen LogP contribution is -2.00. The summed E-state index contributed by atoms with van der Waals surface area (Å²) in [5.74, 6) is -0.113. The van der Waals surface area contributed by atoms with Crippen molar-refractivity contribution in [2.45, 2.75) is 20.1 Å². The van der Waals surface area contributed by atoms with Crippen molar-refractivity contribution in [3.8, 4) is 5.75 Å². The smallest absolute Gasteiger partial charge is 0.165 e. The first-order chi connectivity index (χ1) is 8.69. The van der Waals surface area contributed by atoms with E-state index >= 15 is 0 Å². The van der Waals surface area contributed by atoms with Crippen LogP contribution in [-0.4, -0.2) is 0 Å². The van der Waals surface area contributed by atoms with Crippen LogP contribution in [0.4, 0.5) is 4.39 Å². The molecule has 2 nitrogen and oxygen atoms in total. The van der Waals surface area contributed by atoms with Crippen LogP contribution in [0.1, 0.15) is 16.7 Å². The van der Waals surface area contributed by atoms with E-state index in [-0.39, 0.29) is 11.6 Å². The summed E-state index contributed by atoms with van der Waals surface area (Å²) in [5.41, 5.74) is 8.41. The minimum Gasteiger partial charge on any atom is -0.486 e. The number of hydrogen-bond donors (Lipinski definition) is 1. The summed E-state index contributed by atoms with van der Waals surface area (Å²) < 4.78 is 19.1. The van der Waals surface area contributed by atoms with Crippen LogP contribution in [0.5, 0.6) is 5.75 Å². The Bertz CT molecular complexity index is 523. The van der Waals surface area contributed by atoms with Gasteiger partial charge in [-0.25, -0.2) is 4.39 Å². The van der Waals surface area contributed by atoms with E-state index in [4.69, 9.17) is 10.5 Å². The Hall–Kier alpha value is -1.87. The molecule has 0 heterocycles. The van der Waals surface area contributed by atoms with E-state index in [0.717, 1.165) is 11.1 Å². The second-order valence-corrected chi connectivity index (χ2v) is 4.24. The predicted molar refractivity (Wildman–Crippen MR) is 69.8 cm³/mol.